The van der Waals surface area contributed by atoms with Crippen molar-refractivity contribution >= 4 is 5.97 Å². The molecule has 0 saturated carbocycles. The Morgan fingerprint density at radius 1 is 1.26 bits per heavy atom. The van der Waals surface area contributed by atoms with Gasteiger partial charge in [0.05, 0.1) is 13.7 Å². The Labute approximate surface area is 134 Å². The van der Waals surface area contributed by atoms with Gasteiger partial charge in [0.2, 0.25) is 5.76 Å². The van der Waals surface area contributed by atoms with Gasteiger partial charge in [-0.2, -0.15) is 0 Å². The summed E-state index contributed by atoms with van der Waals surface area (Å²) in [5.41, 5.74) is 0.952. The smallest absolute Gasteiger partial charge is 0.378 e. The highest BCUT2D eigenvalue weighted by molar-refractivity contribution is 5.89. The Hall–Kier alpha value is -2.05. The molecule has 1 fully saturated rings. The number of carbonyl (C=O) groups excluding carboxylic acids is 1. The molecule has 0 amide bonds. The molecule has 1 aromatic rings. The highest BCUT2D eigenvalue weighted by atomic mass is 16.8. The Morgan fingerprint density at radius 2 is 2.00 bits per heavy atom. The van der Waals surface area contributed by atoms with Gasteiger partial charge < -0.3 is 23.7 Å². The lowest BCUT2D eigenvalue weighted by Gasteiger charge is -2.21. The molecule has 0 radical (unpaired) electrons. The fraction of sp³-hybridized carbons (Fsp3) is 0.471. The van der Waals surface area contributed by atoms with Crippen molar-refractivity contribution in [2.24, 2.45) is 0 Å². The maximum Gasteiger partial charge on any atom is 0.378 e. The molecular formula is C17H20O6. The Balaban J connectivity index is 1.74. The topological polar surface area (TPSA) is 63.2 Å². The van der Waals surface area contributed by atoms with Gasteiger partial charge in [0, 0.05) is 0 Å². The molecule has 0 spiro atoms. The van der Waals surface area contributed by atoms with E-state index >= 15 is 0 Å². The molecule has 3 rings (SSSR count). The summed E-state index contributed by atoms with van der Waals surface area (Å²) in [5.74, 6) is -0.813. The van der Waals surface area contributed by atoms with Crippen LogP contribution < -0.4 is 0 Å². The van der Waals surface area contributed by atoms with Gasteiger partial charge in [-0.15, -0.1) is 0 Å². The monoisotopic (exact) mass is 320 g/mol. The van der Waals surface area contributed by atoms with Gasteiger partial charge in [0.25, 0.3) is 0 Å². The molecule has 2 heterocycles. The van der Waals surface area contributed by atoms with Crippen LogP contribution in [0.2, 0.25) is 0 Å². The third-order valence-electron chi connectivity index (χ3n) is 3.72. The highest BCUT2D eigenvalue weighted by Gasteiger charge is 2.47. The van der Waals surface area contributed by atoms with E-state index in [1.807, 2.05) is 44.2 Å². The van der Waals surface area contributed by atoms with E-state index in [1.54, 1.807) is 0 Å². The standard InChI is InChI=1S/C17H20O6/c1-17(2)21-10-12(23-17)13-14(19-3)15(16(18)22-13)20-9-11-7-5-4-6-8-11/h4-8,12-13H,9-10H2,1-3H3/t12-,13+/m0/s1. The predicted molar refractivity (Wildman–Crippen MR) is 80.1 cm³/mol. The molecule has 6 heteroatoms. The lowest BCUT2D eigenvalue weighted by Crippen LogP contribution is -2.33. The molecule has 0 bridgehead atoms. The van der Waals surface area contributed by atoms with Crippen molar-refractivity contribution in [1.29, 1.82) is 0 Å². The number of rotatable bonds is 5. The van der Waals surface area contributed by atoms with Crippen molar-refractivity contribution < 1.29 is 28.5 Å². The van der Waals surface area contributed by atoms with E-state index in [9.17, 15) is 4.79 Å². The molecule has 1 aromatic carbocycles. The molecule has 0 aliphatic carbocycles. The second-order valence-corrected chi connectivity index (χ2v) is 5.86. The van der Waals surface area contributed by atoms with E-state index in [4.69, 9.17) is 23.7 Å². The summed E-state index contributed by atoms with van der Waals surface area (Å²) in [5, 5.41) is 0. The molecule has 0 unspecified atom stereocenters. The van der Waals surface area contributed by atoms with E-state index in [1.165, 1.54) is 7.11 Å². The van der Waals surface area contributed by atoms with Crippen LogP contribution in [0.5, 0.6) is 0 Å². The van der Waals surface area contributed by atoms with Gasteiger partial charge in [0.15, 0.2) is 17.7 Å². The summed E-state index contributed by atoms with van der Waals surface area (Å²) in [4.78, 5) is 12.1. The number of esters is 1. The summed E-state index contributed by atoms with van der Waals surface area (Å²) in [6.45, 7) is 4.21. The maximum absolute atomic E-state index is 12.1. The Bertz CT molecular complexity index is 607. The lowest BCUT2D eigenvalue weighted by molar-refractivity contribution is -0.163. The molecular weight excluding hydrogens is 300 g/mol. The van der Waals surface area contributed by atoms with Crippen LogP contribution in [0, 0.1) is 0 Å². The molecule has 124 valence electrons. The molecule has 2 aliphatic rings. The molecule has 0 aromatic heterocycles. The van der Waals surface area contributed by atoms with Crippen molar-refractivity contribution in [2.75, 3.05) is 13.7 Å². The number of hydrogen-bond donors (Lipinski definition) is 0. The van der Waals surface area contributed by atoms with Gasteiger partial charge in [-0.3, -0.25) is 0 Å². The van der Waals surface area contributed by atoms with Gasteiger partial charge in [-0.05, 0) is 19.4 Å². The largest absolute Gasteiger partial charge is 0.493 e. The number of benzene rings is 1. The SMILES string of the molecule is COC1=C(OCc2ccccc2)C(=O)O[C@@H]1[C@@H]1COC(C)(C)O1. The number of ether oxygens (including phenoxy) is 5. The summed E-state index contributed by atoms with van der Waals surface area (Å²) in [7, 11) is 1.48. The zero-order chi connectivity index (χ0) is 16.4. The molecule has 2 atom stereocenters. The minimum absolute atomic E-state index is 0.0923. The lowest BCUT2D eigenvalue weighted by atomic mass is 10.2. The second-order valence-electron chi connectivity index (χ2n) is 5.86. The summed E-state index contributed by atoms with van der Waals surface area (Å²) >= 11 is 0. The number of methoxy groups -OCH3 is 1. The average molecular weight is 320 g/mol. The zero-order valence-corrected chi connectivity index (χ0v) is 13.4. The third kappa shape index (κ3) is 3.33. The van der Waals surface area contributed by atoms with Crippen LogP contribution >= 0.6 is 0 Å². The van der Waals surface area contributed by atoms with Gasteiger partial charge in [0.1, 0.15) is 12.7 Å². The van der Waals surface area contributed by atoms with Crippen LogP contribution in [0.25, 0.3) is 0 Å². The van der Waals surface area contributed by atoms with Crippen LogP contribution in [-0.4, -0.2) is 37.7 Å². The van der Waals surface area contributed by atoms with Crippen molar-refractivity contribution in [3.63, 3.8) is 0 Å². The Kier molecular flexibility index (Phi) is 4.28. The van der Waals surface area contributed by atoms with E-state index in [-0.39, 0.29) is 12.4 Å². The minimum atomic E-state index is -0.705. The molecule has 1 saturated heterocycles. The van der Waals surface area contributed by atoms with Gasteiger partial charge in [-0.1, -0.05) is 30.3 Å². The number of cyclic esters (lactones) is 1. The molecule has 0 N–H and O–H groups in total. The van der Waals surface area contributed by atoms with Crippen LogP contribution in [0.4, 0.5) is 0 Å². The Morgan fingerprint density at radius 3 is 2.61 bits per heavy atom. The van der Waals surface area contributed by atoms with Gasteiger partial charge in [-0.25, -0.2) is 4.79 Å². The molecule has 23 heavy (non-hydrogen) atoms. The van der Waals surface area contributed by atoms with E-state index in [0.29, 0.717) is 12.4 Å². The second kappa shape index (κ2) is 6.22. The van der Waals surface area contributed by atoms with Gasteiger partial charge >= 0.3 is 5.97 Å². The fourth-order valence-corrected chi connectivity index (χ4v) is 2.63. The normalized spacial score (nSPS) is 26.3. The van der Waals surface area contributed by atoms with Crippen molar-refractivity contribution in [3.05, 3.63) is 47.4 Å². The van der Waals surface area contributed by atoms with Crippen LogP contribution in [0.3, 0.4) is 0 Å². The number of carbonyl (C=O) groups is 1. The first-order valence-corrected chi connectivity index (χ1v) is 7.48. The van der Waals surface area contributed by atoms with Crippen molar-refractivity contribution in [1.82, 2.24) is 0 Å². The summed E-state index contributed by atoms with van der Waals surface area (Å²) in [6, 6.07) is 9.57. The number of hydrogen-bond acceptors (Lipinski definition) is 6. The fourth-order valence-electron chi connectivity index (χ4n) is 2.63. The summed E-state index contributed by atoms with van der Waals surface area (Å²) in [6.07, 6.45) is -1.07. The van der Waals surface area contributed by atoms with Crippen LogP contribution in [0.1, 0.15) is 19.4 Å². The maximum atomic E-state index is 12.1. The average Bonchev–Trinajstić information content (AvgIpc) is 3.05. The van der Waals surface area contributed by atoms with E-state index in [2.05, 4.69) is 0 Å². The van der Waals surface area contributed by atoms with Crippen LogP contribution in [-0.2, 0) is 35.1 Å². The first-order chi connectivity index (χ1) is 11.0. The van der Waals surface area contributed by atoms with Crippen LogP contribution in [0.15, 0.2) is 41.9 Å². The minimum Gasteiger partial charge on any atom is -0.493 e. The van der Waals surface area contributed by atoms with E-state index in [0.717, 1.165) is 5.56 Å². The van der Waals surface area contributed by atoms with E-state index < -0.39 is 24.0 Å². The predicted octanol–water partition coefficient (Wildman–Crippen LogP) is 2.14. The third-order valence-corrected chi connectivity index (χ3v) is 3.72. The first kappa shape index (κ1) is 15.8. The van der Waals surface area contributed by atoms with Crippen molar-refractivity contribution in [2.45, 2.75) is 38.4 Å². The van der Waals surface area contributed by atoms with Crippen molar-refractivity contribution in [3.8, 4) is 0 Å². The highest BCUT2D eigenvalue weighted by Crippen LogP contribution is 2.34. The first-order valence-electron chi connectivity index (χ1n) is 7.48. The summed E-state index contributed by atoms with van der Waals surface area (Å²) < 4.78 is 27.6. The quantitative estimate of drug-likeness (QED) is 0.775. The molecule has 6 nitrogen and oxygen atoms in total. The zero-order valence-electron chi connectivity index (χ0n) is 13.4. The molecule has 2 aliphatic heterocycles.